The highest BCUT2D eigenvalue weighted by atomic mass is 16.3. The zero-order chi connectivity index (χ0) is 10.7. The second kappa shape index (κ2) is 4.03. The molecule has 1 amide bonds. The summed E-state index contributed by atoms with van der Waals surface area (Å²) in [6.07, 6.45) is 2.30. The fourth-order valence-corrected chi connectivity index (χ4v) is 1.96. The Labute approximate surface area is 89.1 Å². The van der Waals surface area contributed by atoms with Crippen LogP contribution in [0.1, 0.15) is 24.8 Å². The fraction of sp³-hybridized carbons (Fsp3) is 0.417. The van der Waals surface area contributed by atoms with Crippen LogP contribution < -0.4 is 5.32 Å². The van der Waals surface area contributed by atoms with Crippen molar-refractivity contribution in [2.24, 2.45) is 0 Å². The van der Waals surface area contributed by atoms with Crippen LogP contribution in [-0.4, -0.2) is 17.6 Å². The lowest BCUT2D eigenvalue weighted by Gasteiger charge is -2.24. The molecule has 1 saturated heterocycles. The molecular formula is C12H15NO2. The SMILES string of the molecule is O=C1NCCCC[C@@]1(O)c1ccccc1. The molecule has 1 heterocycles. The number of rotatable bonds is 1. The molecule has 1 fully saturated rings. The molecule has 0 aliphatic carbocycles. The Morgan fingerprint density at radius 1 is 1.20 bits per heavy atom. The van der Waals surface area contributed by atoms with Crippen LogP contribution in [0, 0.1) is 0 Å². The summed E-state index contributed by atoms with van der Waals surface area (Å²) >= 11 is 0. The molecule has 0 aromatic heterocycles. The molecule has 1 aromatic rings. The summed E-state index contributed by atoms with van der Waals surface area (Å²) in [4.78, 5) is 11.8. The molecule has 0 unspecified atom stereocenters. The van der Waals surface area contributed by atoms with Crippen LogP contribution in [0.4, 0.5) is 0 Å². The maximum absolute atomic E-state index is 11.8. The maximum atomic E-state index is 11.8. The van der Waals surface area contributed by atoms with Gasteiger partial charge in [0, 0.05) is 6.54 Å². The number of aliphatic hydroxyl groups is 1. The molecule has 2 rings (SSSR count). The molecule has 2 N–H and O–H groups in total. The van der Waals surface area contributed by atoms with E-state index in [2.05, 4.69) is 5.32 Å². The van der Waals surface area contributed by atoms with Gasteiger partial charge in [0.25, 0.3) is 5.91 Å². The predicted molar refractivity (Wildman–Crippen MR) is 57.2 cm³/mol. The number of nitrogens with one attached hydrogen (secondary N) is 1. The highest BCUT2D eigenvalue weighted by Crippen LogP contribution is 2.28. The zero-order valence-corrected chi connectivity index (χ0v) is 8.57. The van der Waals surface area contributed by atoms with Gasteiger partial charge in [-0.3, -0.25) is 4.79 Å². The first-order valence-electron chi connectivity index (χ1n) is 5.30. The second-order valence-corrected chi connectivity index (χ2v) is 3.94. The number of carbonyl (C=O) groups excluding carboxylic acids is 1. The van der Waals surface area contributed by atoms with Crippen molar-refractivity contribution in [1.82, 2.24) is 5.32 Å². The third-order valence-corrected chi connectivity index (χ3v) is 2.88. The normalized spacial score (nSPS) is 26.9. The van der Waals surface area contributed by atoms with Crippen molar-refractivity contribution in [3.8, 4) is 0 Å². The molecule has 1 aliphatic rings. The number of hydrogen-bond donors (Lipinski definition) is 2. The minimum atomic E-state index is -1.34. The smallest absolute Gasteiger partial charge is 0.256 e. The molecule has 1 atom stereocenters. The number of carbonyl (C=O) groups is 1. The van der Waals surface area contributed by atoms with Crippen LogP contribution >= 0.6 is 0 Å². The highest BCUT2D eigenvalue weighted by Gasteiger charge is 2.38. The second-order valence-electron chi connectivity index (χ2n) is 3.94. The minimum Gasteiger partial charge on any atom is -0.375 e. The van der Waals surface area contributed by atoms with E-state index in [9.17, 15) is 9.90 Å². The number of amides is 1. The van der Waals surface area contributed by atoms with E-state index in [-0.39, 0.29) is 5.91 Å². The quantitative estimate of drug-likeness (QED) is 0.723. The largest absolute Gasteiger partial charge is 0.375 e. The van der Waals surface area contributed by atoms with Gasteiger partial charge in [0.05, 0.1) is 0 Å². The molecule has 15 heavy (non-hydrogen) atoms. The van der Waals surface area contributed by atoms with Crippen molar-refractivity contribution in [2.45, 2.75) is 24.9 Å². The summed E-state index contributed by atoms with van der Waals surface area (Å²) in [5, 5.41) is 13.1. The third-order valence-electron chi connectivity index (χ3n) is 2.88. The molecule has 3 nitrogen and oxygen atoms in total. The first-order valence-corrected chi connectivity index (χ1v) is 5.30. The van der Waals surface area contributed by atoms with Crippen molar-refractivity contribution < 1.29 is 9.90 Å². The molecule has 0 saturated carbocycles. The average molecular weight is 205 g/mol. The maximum Gasteiger partial charge on any atom is 0.256 e. The summed E-state index contributed by atoms with van der Waals surface area (Å²) in [5.41, 5.74) is -0.651. The lowest BCUT2D eigenvalue weighted by atomic mass is 9.89. The summed E-state index contributed by atoms with van der Waals surface area (Å²) in [5.74, 6) is -0.272. The van der Waals surface area contributed by atoms with Crippen LogP contribution in [0.2, 0.25) is 0 Å². The molecule has 1 aliphatic heterocycles. The van der Waals surface area contributed by atoms with Gasteiger partial charge < -0.3 is 10.4 Å². The van der Waals surface area contributed by atoms with Crippen molar-refractivity contribution in [3.63, 3.8) is 0 Å². The van der Waals surface area contributed by atoms with E-state index in [1.807, 2.05) is 18.2 Å². The van der Waals surface area contributed by atoms with Gasteiger partial charge in [0.2, 0.25) is 0 Å². The molecule has 3 heteroatoms. The first-order chi connectivity index (χ1) is 7.23. The van der Waals surface area contributed by atoms with Gasteiger partial charge in [-0.1, -0.05) is 30.3 Å². The Morgan fingerprint density at radius 2 is 1.93 bits per heavy atom. The van der Waals surface area contributed by atoms with Crippen molar-refractivity contribution >= 4 is 5.91 Å². The molecule has 0 bridgehead atoms. The van der Waals surface area contributed by atoms with Gasteiger partial charge >= 0.3 is 0 Å². The van der Waals surface area contributed by atoms with Gasteiger partial charge in [0.15, 0.2) is 5.60 Å². The molecule has 80 valence electrons. The van der Waals surface area contributed by atoms with Crippen LogP contribution in [0.3, 0.4) is 0 Å². The topological polar surface area (TPSA) is 49.3 Å². The summed E-state index contributed by atoms with van der Waals surface area (Å²) in [6, 6.07) is 9.15. The van der Waals surface area contributed by atoms with E-state index in [1.165, 1.54) is 0 Å². The van der Waals surface area contributed by atoms with Gasteiger partial charge in [-0.15, -0.1) is 0 Å². The zero-order valence-electron chi connectivity index (χ0n) is 8.57. The monoisotopic (exact) mass is 205 g/mol. The van der Waals surface area contributed by atoms with Gasteiger partial charge in [-0.05, 0) is 24.8 Å². The van der Waals surface area contributed by atoms with E-state index in [0.29, 0.717) is 18.5 Å². The van der Waals surface area contributed by atoms with E-state index in [4.69, 9.17) is 0 Å². The third kappa shape index (κ3) is 1.88. The van der Waals surface area contributed by atoms with Gasteiger partial charge in [-0.2, -0.15) is 0 Å². The van der Waals surface area contributed by atoms with Gasteiger partial charge in [0.1, 0.15) is 0 Å². The first kappa shape index (κ1) is 10.2. The Kier molecular flexibility index (Phi) is 2.73. The Balaban J connectivity index is 2.34. The van der Waals surface area contributed by atoms with Crippen LogP contribution in [-0.2, 0) is 10.4 Å². The number of hydrogen-bond acceptors (Lipinski definition) is 2. The lowest BCUT2D eigenvalue weighted by Crippen LogP contribution is -2.42. The Morgan fingerprint density at radius 3 is 2.67 bits per heavy atom. The lowest BCUT2D eigenvalue weighted by molar-refractivity contribution is -0.140. The standard InChI is InChI=1S/C12H15NO2/c14-11-12(15,8-4-5-9-13-11)10-6-2-1-3-7-10/h1-3,6-7,15H,4-5,8-9H2,(H,13,14)/t12-/m1/s1. The van der Waals surface area contributed by atoms with Crippen LogP contribution in [0.15, 0.2) is 30.3 Å². The molecule has 0 radical (unpaired) electrons. The average Bonchev–Trinajstić information content (AvgIpc) is 2.44. The van der Waals surface area contributed by atoms with Crippen molar-refractivity contribution in [2.75, 3.05) is 6.54 Å². The minimum absolute atomic E-state index is 0.272. The highest BCUT2D eigenvalue weighted by molar-refractivity contribution is 5.86. The van der Waals surface area contributed by atoms with E-state index >= 15 is 0 Å². The van der Waals surface area contributed by atoms with Gasteiger partial charge in [-0.25, -0.2) is 0 Å². The van der Waals surface area contributed by atoms with Crippen LogP contribution in [0.5, 0.6) is 0 Å². The van der Waals surface area contributed by atoms with E-state index < -0.39 is 5.60 Å². The Hall–Kier alpha value is -1.35. The summed E-state index contributed by atoms with van der Waals surface area (Å²) in [6.45, 7) is 0.661. The number of benzene rings is 1. The fourth-order valence-electron chi connectivity index (χ4n) is 1.96. The molecule has 1 aromatic carbocycles. The van der Waals surface area contributed by atoms with Crippen molar-refractivity contribution in [1.29, 1.82) is 0 Å². The van der Waals surface area contributed by atoms with E-state index in [1.54, 1.807) is 12.1 Å². The van der Waals surface area contributed by atoms with E-state index in [0.717, 1.165) is 12.8 Å². The molecule has 0 spiro atoms. The predicted octanol–water partition coefficient (Wildman–Crippen LogP) is 1.17. The molecular weight excluding hydrogens is 190 g/mol. The summed E-state index contributed by atoms with van der Waals surface area (Å²) < 4.78 is 0. The summed E-state index contributed by atoms with van der Waals surface area (Å²) in [7, 11) is 0. The van der Waals surface area contributed by atoms with Crippen molar-refractivity contribution in [3.05, 3.63) is 35.9 Å². The van der Waals surface area contributed by atoms with Crippen LogP contribution in [0.25, 0.3) is 0 Å². The Bertz CT molecular complexity index is 350.